The van der Waals surface area contributed by atoms with Crippen molar-refractivity contribution in [3.05, 3.63) is 36.5 Å². The Bertz CT molecular complexity index is 223. The highest BCUT2D eigenvalue weighted by Crippen LogP contribution is 2.31. The lowest BCUT2D eigenvalue weighted by Gasteiger charge is -2.28. The van der Waals surface area contributed by atoms with Crippen LogP contribution in [0.4, 0.5) is 0 Å². The minimum atomic E-state index is 0.315. The lowest BCUT2D eigenvalue weighted by atomic mass is 9.77. The van der Waals surface area contributed by atoms with E-state index < -0.39 is 0 Å². The molecule has 1 unspecified atom stereocenters. The van der Waals surface area contributed by atoms with Crippen molar-refractivity contribution in [1.82, 2.24) is 0 Å². The zero-order chi connectivity index (χ0) is 11.2. The topological polar surface area (TPSA) is 0 Å². The quantitative estimate of drug-likeness (QED) is 0.445. The summed E-state index contributed by atoms with van der Waals surface area (Å²) in [5.74, 6) is 0.560. The average Bonchev–Trinajstić information content (AvgIpc) is 2.10. The molecule has 0 aliphatic heterocycles. The predicted octanol–water partition coefficient (Wildman–Crippen LogP) is 4.75. The molecule has 0 saturated heterocycles. The Balaban J connectivity index is 4.55. The molecule has 14 heavy (non-hydrogen) atoms. The van der Waals surface area contributed by atoms with Gasteiger partial charge in [0.15, 0.2) is 0 Å². The van der Waals surface area contributed by atoms with Crippen LogP contribution in [-0.2, 0) is 0 Å². The predicted molar refractivity (Wildman–Crippen MR) is 66.3 cm³/mol. The van der Waals surface area contributed by atoms with Gasteiger partial charge in [0.2, 0.25) is 0 Å². The second-order valence-electron chi connectivity index (χ2n) is 4.80. The third kappa shape index (κ3) is 4.45. The highest BCUT2D eigenvalue weighted by molar-refractivity contribution is 5.21. The third-order valence-corrected chi connectivity index (χ3v) is 2.76. The Labute approximate surface area is 89.4 Å². The van der Waals surface area contributed by atoms with Crippen LogP contribution in [0.15, 0.2) is 36.5 Å². The van der Waals surface area contributed by atoms with E-state index in [1.807, 2.05) is 6.08 Å². The fourth-order valence-electron chi connectivity index (χ4n) is 1.28. The number of allylic oxidation sites excluding steroid dienone is 5. The summed E-state index contributed by atoms with van der Waals surface area (Å²) in [5.41, 5.74) is 1.67. The van der Waals surface area contributed by atoms with E-state index in [1.165, 1.54) is 5.57 Å². The fourth-order valence-corrected chi connectivity index (χ4v) is 1.28. The Kier molecular flexibility index (Phi) is 5.52. The molecular weight excluding hydrogens is 168 g/mol. The maximum absolute atomic E-state index is 3.88. The van der Waals surface area contributed by atoms with E-state index in [-0.39, 0.29) is 0 Å². The van der Waals surface area contributed by atoms with Gasteiger partial charge in [-0.1, -0.05) is 58.6 Å². The molecule has 0 saturated carbocycles. The van der Waals surface area contributed by atoms with Crippen LogP contribution in [0, 0.1) is 11.3 Å². The van der Waals surface area contributed by atoms with Crippen molar-refractivity contribution in [2.75, 3.05) is 0 Å². The maximum atomic E-state index is 3.88. The molecule has 0 amide bonds. The maximum Gasteiger partial charge on any atom is -0.0145 e. The van der Waals surface area contributed by atoms with Crippen molar-refractivity contribution < 1.29 is 0 Å². The zero-order valence-corrected chi connectivity index (χ0v) is 10.3. The van der Waals surface area contributed by atoms with E-state index in [4.69, 9.17) is 0 Å². The summed E-state index contributed by atoms with van der Waals surface area (Å²) >= 11 is 0. The first kappa shape index (κ1) is 13.2. The van der Waals surface area contributed by atoms with Gasteiger partial charge in [0, 0.05) is 0 Å². The molecule has 0 spiro atoms. The van der Waals surface area contributed by atoms with Crippen molar-refractivity contribution in [3.63, 3.8) is 0 Å². The molecule has 0 heterocycles. The van der Waals surface area contributed by atoms with Crippen molar-refractivity contribution in [2.24, 2.45) is 11.3 Å². The summed E-state index contributed by atoms with van der Waals surface area (Å²) in [5, 5.41) is 0. The highest BCUT2D eigenvalue weighted by atomic mass is 14.3. The molecule has 1 atom stereocenters. The van der Waals surface area contributed by atoms with Crippen LogP contribution in [0.2, 0.25) is 0 Å². The number of hydrogen-bond donors (Lipinski definition) is 0. The first-order valence-electron chi connectivity index (χ1n) is 5.37. The van der Waals surface area contributed by atoms with Gasteiger partial charge in [0.1, 0.15) is 0 Å². The smallest absolute Gasteiger partial charge is 0.0145 e. The van der Waals surface area contributed by atoms with E-state index >= 15 is 0 Å². The monoisotopic (exact) mass is 192 g/mol. The third-order valence-electron chi connectivity index (χ3n) is 2.76. The van der Waals surface area contributed by atoms with E-state index in [0.29, 0.717) is 11.3 Å². The Morgan fingerprint density at radius 2 is 1.93 bits per heavy atom. The molecule has 80 valence electrons. The van der Waals surface area contributed by atoms with Gasteiger partial charge in [-0.25, -0.2) is 0 Å². The van der Waals surface area contributed by atoms with Gasteiger partial charge in [-0.15, -0.1) is 0 Å². The first-order chi connectivity index (χ1) is 6.43. The molecule has 0 aliphatic carbocycles. The first-order valence-corrected chi connectivity index (χ1v) is 5.37. The lowest BCUT2D eigenvalue weighted by molar-refractivity contribution is 0.304. The molecule has 0 aromatic carbocycles. The fraction of sp³-hybridized carbons (Fsp3) is 0.571. The summed E-state index contributed by atoms with van der Waals surface area (Å²) in [7, 11) is 0. The SMILES string of the molecule is C=CC(=CC/C=C\C)C(C)C(C)(C)C. The molecule has 0 rings (SSSR count). The minimum absolute atomic E-state index is 0.315. The van der Waals surface area contributed by atoms with E-state index in [9.17, 15) is 0 Å². The van der Waals surface area contributed by atoms with Crippen LogP contribution in [-0.4, -0.2) is 0 Å². The molecular formula is C14H24. The van der Waals surface area contributed by atoms with Crippen molar-refractivity contribution >= 4 is 0 Å². The van der Waals surface area contributed by atoms with Gasteiger partial charge < -0.3 is 0 Å². The lowest BCUT2D eigenvalue weighted by Crippen LogP contribution is -2.18. The molecule has 0 bridgehead atoms. The number of rotatable bonds is 4. The molecule has 0 nitrogen and oxygen atoms in total. The molecule has 0 aromatic rings. The molecule has 0 fully saturated rings. The van der Waals surface area contributed by atoms with Gasteiger partial charge in [0.05, 0.1) is 0 Å². The van der Waals surface area contributed by atoms with Crippen LogP contribution in [0.25, 0.3) is 0 Å². The summed E-state index contributed by atoms with van der Waals surface area (Å²) < 4.78 is 0. The van der Waals surface area contributed by atoms with Crippen LogP contribution >= 0.6 is 0 Å². The molecule has 0 heteroatoms. The van der Waals surface area contributed by atoms with Crippen molar-refractivity contribution in [2.45, 2.75) is 41.0 Å². The highest BCUT2D eigenvalue weighted by Gasteiger charge is 2.21. The van der Waals surface area contributed by atoms with Crippen molar-refractivity contribution in [1.29, 1.82) is 0 Å². The Morgan fingerprint density at radius 3 is 2.29 bits per heavy atom. The normalized spacial score (nSPS) is 15.9. The van der Waals surface area contributed by atoms with Gasteiger partial charge in [-0.05, 0) is 30.3 Å². The summed E-state index contributed by atoms with van der Waals surface area (Å²) in [6, 6.07) is 0. The number of hydrogen-bond acceptors (Lipinski definition) is 0. The summed E-state index contributed by atoms with van der Waals surface area (Å²) in [6.07, 6.45) is 9.51. The van der Waals surface area contributed by atoms with Crippen molar-refractivity contribution in [3.8, 4) is 0 Å². The van der Waals surface area contributed by atoms with E-state index in [0.717, 1.165) is 6.42 Å². The van der Waals surface area contributed by atoms with Gasteiger partial charge >= 0.3 is 0 Å². The zero-order valence-electron chi connectivity index (χ0n) is 10.3. The largest absolute Gasteiger partial charge is 0.0988 e. The minimum Gasteiger partial charge on any atom is -0.0988 e. The van der Waals surface area contributed by atoms with Crippen LogP contribution in [0.5, 0.6) is 0 Å². The van der Waals surface area contributed by atoms with Gasteiger partial charge in [-0.3, -0.25) is 0 Å². The molecule has 0 radical (unpaired) electrons. The summed E-state index contributed by atoms with van der Waals surface area (Å²) in [4.78, 5) is 0. The van der Waals surface area contributed by atoms with Crippen LogP contribution < -0.4 is 0 Å². The second-order valence-corrected chi connectivity index (χ2v) is 4.80. The standard InChI is InChI=1S/C14H24/c1-7-9-10-11-13(8-2)12(3)14(4,5)6/h7-9,11-12H,2,10H2,1,3-6H3/b9-7-,13-11?. The van der Waals surface area contributed by atoms with Gasteiger partial charge in [-0.2, -0.15) is 0 Å². The van der Waals surface area contributed by atoms with Crippen LogP contribution in [0.1, 0.15) is 41.0 Å². The molecule has 0 aliphatic rings. The molecule has 0 aromatic heterocycles. The van der Waals surface area contributed by atoms with E-state index in [1.54, 1.807) is 0 Å². The average molecular weight is 192 g/mol. The van der Waals surface area contributed by atoms with Gasteiger partial charge in [0.25, 0.3) is 0 Å². The Hall–Kier alpha value is -0.780. The summed E-state index contributed by atoms with van der Waals surface area (Å²) in [6.45, 7) is 15.0. The van der Waals surface area contributed by atoms with E-state index in [2.05, 4.69) is 59.4 Å². The Morgan fingerprint density at radius 1 is 1.36 bits per heavy atom. The van der Waals surface area contributed by atoms with Crippen LogP contribution in [0.3, 0.4) is 0 Å². The second kappa shape index (κ2) is 5.85. The molecule has 0 N–H and O–H groups in total.